The lowest BCUT2D eigenvalue weighted by Gasteiger charge is -2.21. The maximum atomic E-state index is 11.4. The molecule has 7 heteroatoms. The zero-order valence-corrected chi connectivity index (χ0v) is 9.72. The van der Waals surface area contributed by atoms with Gasteiger partial charge in [-0.1, -0.05) is 0 Å². The second kappa shape index (κ2) is 4.91. The van der Waals surface area contributed by atoms with Gasteiger partial charge in [-0.2, -0.15) is 0 Å². The number of carboxylic acids is 1. The molecule has 1 aromatic heterocycles. The van der Waals surface area contributed by atoms with E-state index in [1.54, 1.807) is 4.90 Å². The van der Waals surface area contributed by atoms with Gasteiger partial charge in [-0.25, -0.2) is 9.78 Å². The number of aromatic nitrogens is 1. The molecule has 0 spiro atoms. The number of hydrogen-bond donors (Lipinski definition) is 3. The van der Waals surface area contributed by atoms with Gasteiger partial charge in [0, 0.05) is 19.3 Å². The third-order valence-corrected chi connectivity index (χ3v) is 2.70. The molecule has 1 aromatic rings. The van der Waals surface area contributed by atoms with Crippen LogP contribution in [0, 0.1) is 0 Å². The first-order valence-corrected chi connectivity index (χ1v) is 5.58. The van der Waals surface area contributed by atoms with Crippen molar-refractivity contribution < 1.29 is 14.7 Å². The van der Waals surface area contributed by atoms with Crippen LogP contribution in [0.2, 0.25) is 0 Å². The fourth-order valence-corrected chi connectivity index (χ4v) is 1.84. The number of rotatable bonds is 2. The minimum Gasteiger partial charge on any atom is -0.478 e. The molecule has 0 aromatic carbocycles. The SMILES string of the molecule is Nc1cc(C(=O)O)cnc1N1CCCNC(=O)C1. The Kier molecular flexibility index (Phi) is 3.31. The zero-order valence-electron chi connectivity index (χ0n) is 9.72. The summed E-state index contributed by atoms with van der Waals surface area (Å²) in [7, 11) is 0. The van der Waals surface area contributed by atoms with Gasteiger partial charge in [0.2, 0.25) is 5.91 Å². The van der Waals surface area contributed by atoms with Crippen LogP contribution in [-0.4, -0.2) is 41.6 Å². The van der Waals surface area contributed by atoms with Crippen LogP contribution >= 0.6 is 0 Å². The topological polar surface area (TPSA) is 109 Å². The lowest BCUT2D eigenvalue weighted by Crippen LogP contribution is -2.34. The van der Waals surface area contributed by atoms with Crippen molar-refractivity contribution in [2.75, 3.05) is 30.3 Å². The molecule has 2 heterocycles. The number of carboxylic acid groups (broad SMARTS) is 1. The molecule has 4 N–H and O–H groups in total. The summed E-state index contributed by atoms with van der Waals surface area (Å²) in [5.41, 5.74) is 6.09. The van der Waals surface area contributed by atoms with Crippen molar-refractivity contribution in [3.8, 4) is 0 Å². The predicted molar refractivity (Wildman–Crippen MR) is 65.4 cm³/mol. The fraction of sp³-hybridized carbons (Fsp3) is 0.364. The molecule has 1 aliphatic rings. The normalized spacial score (nSPS) is 16.0. The Balaban J connectivity index is 2.27. The Morgan fingerprint density at radius 2 is 2.33 bits per heavy atom. The highest BCUT2D eigenvalue weighted by Gasteiger charge is 2.19. The van der Waals surface area contributed by atoms with E-state index in [1.807, 2.05) is 0 Å². The first-order valence-electron chi connectivity index (χ1n) is 5.58. The third-order valence-electron chi connectivity index (χ3n) is 2.70. The summed E-state index contributed by atoms with van der Waals surface area (Å²) in [4.78, 5) is 28.0. The lowest BCUT2D eigenvalue weighted by molar-refractivity contribution is -0.119. The van der Waals surface area contributed by atoms with Crippen molar-refractivity contribution in [2.24, 2.45) is 0 Å². The van der Waals surface area contributed by atoms with Crippen LogP contribution in [0.25, 0.3) is 0 Å². The summed E-state index contributed by atoms with van der Waals surface area (Å²) in [6, 6.07) is 1.35. The number of carbonyl (C=O) groups is 2. The number of aromatic carboxylic acids is 1. The van der Waals surface area contributed by atoms with Gasteiger partial charge >= 0.3 is 5.97 Å². The first-order chi connectivity index (χ1) is 8.58. The number of anilines is 2. The predicted octanol–water partition coefficient (Wildman–Crippen LogP) is -0.312. The Bertz CT molecular complexity index is 489. The molecule has 0 atom stereocenters. The van der Waals surface area contributed by atoms with Crippen molar-refractivity contribution in [3.05, 3.63) is 17.8 Å². The van der Waals surface area contributed by atoms with Crippen LogP contribution < -0.4 is 16.0 Å². The standard InChI is InChI=1S/C11H14N4O3/c12-8-4-7(11(17)18)5-14-10(8)15-3-1-2-13-9(16)6-15/h4-5H,1-3,6,12H2,(H,13,16)(H,17,18). The number of nitrogens with zero attached hydrogens (tertiary/aromatic N) is 2. The monoisotopic (exact) mass is 250 g/mol. The molecule has 1 aliphatic heterocycles. The summed E-state index contributed by atoms with van der Waals surface area (Å²) in [6.07, 6.45) is 2.05. The van der Waals surface area contributed by atoms with Gasteiger partial charge in [-0.15, -0.1) is 0 Å². The number of nitrogen functional groups attached to an aromatic ring is 1. The van der Waals surface area contributed by atoms with Gasteiger partial charge in [0.1, 0.15) is 0 Å². The van der Waals surface area contributed by atoms with E-state index in [0.717, 1.165) is 6.42 Å². The highest BCUT2D eigenvalue weighted by molar-refractivity contribution is 5.90. The smallest absolute Gasteiger partial charge is 0.337 e. The number of nitrogens with two attached hydrogens (primary N) is 1. The highest BCUT2D eigenvalue weighted by atomic mass is 16.4. The van der Waals surface area contributed by atoms with Crippen LogP contribution in [0.5, 0.6) is 0 Å². The molecule has 1 amide bonds. The summed E-state index contributed by atoms with van der Waals surface area (Å²) in [5, 5.41) is 11.6. The van der Waals surface area contributed by atoms with E-state index in [0.29, 0.717) is 18.9 Å². The molecule has 1 saturated heterocycles. The number of hydrogen-bond acceptors (Lipinski definition) is 5. The highest BCUT2D eigenvalue weighted by Crippen LogP contribution is 2.21. The van der Waals surface area contributed by atoms with Crippen molar-refractivity contribution in [1.29, 1.82) is 0 Å². The van der Waals surface area contributed by atoms with E-state index in [-0.39, 0.29) is 23.7 Å². The maximum Gasteiger partial charge on any atom is 0.337 e. The summed E-state index contributed by atoms with van der Waals surface area (Å²) in [5.74, 6) is -0.706. The van der Waals surface area contributed by atoms with E-state index >= 15 is 0 Å². The fourth-order valence-electron chi connectivity index (χ4n) is 1.84. The van der Waals surface area contributed by atoms with Gasteiger partial charge in [-0.05, 0) is 12.5 Å². The molecule has 0 saturated carbocycles. The minimum absolute atomic E-state index is 0.0375. The Labute approximate surface area is 104 Å². The minimum atomic E-state index is -1.07. The third kappa shape index (κ3) is 2.50. The average Bonchev–Trinajstić information content (AvgIpc) is 2.53. The maximum absolute atomic E-state index is 11.4. The van der Waals surface area contributed by atoms with E-state index in [4.69, 9.17) is 10.8 Å². The van der Waals surface area contributed by atoms with Crippen LogP contribution in [0.3, 0.4) is 0 Å². The molecular weight excluding hydrogens is 236 g/mol. The Hall–Kier alpha value is -2.31. The average molecular weight is 250 g/mol. The molecule has 1 fully saturated rings. The van der Waals surface area contributed by atoms with Gasteiger partial charge in [0.25, 0.3) is 0 Å². The van der Waals surface area contributed by atoms with Gasteiger partial charge in [-0.3, -0.25) is 4.79 Å². The number of amides is 1. The van der Waals surface area contributed by atoms with Crippen LogP contribution in [0.1, 0.15) is 16.8 Å². The van der Waals surface area contributed by atoms with Gasteiger partial charge in [0.05, 0.1) is 17.8 Å². The van der Waals surface area contributed by atoms with Gasteiger partial charge in [0.15, 0.2) is 5.82 Å². The first kappa shape index (κ1) is 12.2. The van der Waals surface area contributed by atoms with Gasteiger partial charge < -0.3 is 21.1 Å². The van der Waals surface area contributed by atoms with Crippen LogP contribution in [0.15, 0.2) is 12.3 Å². The van der Waals surface area contributed by atoms with E-state index < -0.39 is 5.97 Å². The number of pyridine rings is 1. The summed E-state index contributed by atoms with van der Waals surface area (Å²) < 4.78 is 0. The number of carbonyl (C=O) groups excluding carboxylic acids is 1. The molecule has 0 bridgehead atoms. The van der Waals surface area contributed by atoms with Crippen molar-refractivity contribution >= 4 is 23.4 Å². The zero-order chi connectivity index (χ0) is 13.1. The molecular formula is C11H14N4O3. The molecule has 96 valence electrons. The number of nitrogens with one attached hydrogen (secondary N) is 1. The summed E-state index contributed by atoms with van der Waals surface area (Å²) >= 11 is 0. The summed E-state index contributed by atoms with van der Waals surface area (Å²) in [6.45, 7) is 1.47. The van der Waals surface area contributed by atoms with Crippen molar-refractivity contribution in [2.45, 2.75) is 6.42 Å². The van der Waals surface area contributed by atoms with E-state index in [1.165, 1.54) is 12.3 Å². The van der Waals surface area contributed by atoms with Crippen molar-refractivity contribution in [1.82, 2.24) is 10.3 Å². The van der Waals surface area contributed by atoms with E-state index in [2.05, 4.69) is 10.3 Å². The van der Waals surface area contributed by atoms with Crippen LogP contribution in [-0.2, 0) is 4.79 Å². The van der Waals surface area contributed by atoms with Crippen molar-refractivity contribution in [3.63, 3.8) is 0 Å². The van der Waals surface area contributed by atoms with E-state index in [9.17, 15) is 9.59 Å². The Morgan fingerprint density at radius 1 is 1.56 bits per heavy atom. The second-order valence-electron chi connectivity index (χ2n) is 4.07. The Morgan fingerprint density at radius 3 is 3.00 bits per heavy atom. The lowest BCUT2D eigenvalue weighted by atomic mass is 10.2. The quantitative estimate of drug-likeness (QED) is 0.664. The molecule has 0 radical (unpaired) electrons. The molecule has 0 unspecified atom stereocenters. The molecule has 0 aliphatic carbocycles. The molecule has 18 heavy (non-hydrogen) atoms. The molecule has 2 rings (SSSR count). The second-order valence-corrected chi connectivity index (χ2v) is 4.07. The molecule has 7 nitrogen and oxygen atoms in total. The van der Waals surface area contributed by atoms with Crippen LogP contribution in [0.4, 0.5) is 11.5 Å². The largest absolute Gasteiger partial charge is 0.478 e.